The standard InChI is InChI=1S/C22H27NO8/c1-10(24)30-14-9-22-7-8-23-17(16(22)21(29-4)20(14)31-11(2)25)18(26)12-5-6-13(28-3)19(27)15(12)22/h5-6,14,17-18,20,23,26-27H,7-9H2,1-4H3/t14-,17+,18-,20+,22-/m0/s1. The van der Waals surface area contributed by atoms with Gasteiger partial charge in [0.15, 0.2) is 17.6 Å². The van der Waals surface area contributed by atoms with E-state index in [0.29, 0.717) is 35.4 Å². The summed E-state index contributed by atoms with van der Waals surface area (Å²) in [6.07, 6.45) is -1.95. The van der Waals surface area contributed by atoms with Gasteiger partial charge in [-0.25, -0.2) is 0 Å². The zero-order valence-electron chi connectivity index (χ0n) is 17.9. The Morgan fingerprint density at radius 3 is 2.45 bits per heavy atom. The number of phenolic OH excluding ortho intramolecular Hbond substituents is 1. The van der Waals surface area contributed by atoms with E-state index < -0.39 is 41.7 Å². The molecule has 2 bridgehead atoms. The Kier molecular flexibility index (Phi) is 5.35. The lowest BCUT2D eigenvalue weighted by molar-refractivity contribution is -0.169. The van der Waals surface area contributed by atoms with Crippen LogP contribution in [0.2, 0.25) is 0 Å². The average molecular weight is 433 g/mol. The average Bonchev–Trinajstić information content (AvgIpc) is 2.71. The van der Waals surface area contributed by atoms with E-state index in [0.717, 1.165) is 0 Å². The van der Waals surface area contributed by atoms with Gasteiger partial charge in [0.25, 0.3) is 0 Å². The first-order valence-electron chi connectivity index (χ1n) is 10.2. The fourth-order valence-electron chi connectivity index (χ4n) is 5.51. The zero-order valence-corrected chi connectivity index (χ0v) is 17.9. The number of aromatic hydroxyl groups is 1. The summed E-state index contributed by atoms with van der Waals surface area (Å²) in [6, 6.07) is 2.84. The van der Waals surface area contributed by atoms with Gasteiger partial charge in [0.2, 0.25) is 0 Å². The Balaban J connectivity index is 2.02. The highest BCUT2D eigenvalue weighted by molar-refractivity contribution is 5.69. The molecule has 168 valence electrons. The van der Waals surface area contributed by atoms with Crippen molar-refractivity contribution in [3.63, 3.8) is 0 Å². The smallest absolute Gasteiger partial charge is 0.303 e. The molecule has 1 aromatic carbocycles. The molecule has 1 saturated heterocycles. The van der Waals surface area contributed by atoms with E-state index >= 15 is 0 Å². The van der Waals surface area contributed by atoms with Crippen LogP contribution >= 0.6 is 0 Å². The molecule has 9 heteroatoms. The maximum atomic E-state index is 11.9. The minimum atomic E-state index is -0.969. The topological polar surface area (TPSA) is 124 Å². The second-order valence-electron chi connectivity index (χ2n) is 8.15. The van der Waals surface area contributed by atoms with Gasteiger partial charge in [-0.05, 0) is 24.6 Å². The number of fused-ring (bicyclic) bond motifs is 1. The number of aliphatic hydroxyl groups excluding tert-OH is 1. The second-order valence-corrected chi connectivity index (χ2v) is 8.15. The lowest BCUT2D eigenvalue weighted by Gasteiger charge is -2.55. The summed E-state index contributed by atoms with van der Waals surface area (Å²) in [4.78, 5) is 23.7. The first-order valence-corrected chi connectivity index (χ1v) is 10.2. The number of methoxy groups -OCH3 is 2. The summed E-state index contributed by atoms with van der Waals surface area (Å²) in [6.45, 7) is 3.12. The van der Waals surface area contributed by atoms with E-state index in [9.17, 15) is 19.8 Å². The number of ether oxygens (including phenoxy) is 4. The minimum Gasteiger partial charge on any atom is -0.504 e. The van der Waals surface area contributed by atoms with Gasteiger partial charge in [-0.15, -0.1) is 0 Å². The maximum absolute atomic E-state index is 11.9. The first kappa shape index (κ1) is 21.5. The number of phenols is 1. The van der Waals surface area contributed by atoms with Gasteiger partial charge in [0, 0.05) is 36.8 Å². The van der Waals surface area contributed by atoms with Crippen molar-refractivity contribution in [2.75, 3.05) is 20.8 Å². The Morgan fingerprint density at radius 1 is 1.13 bits per heavy atom. The molecule has 3 N–H and O–H groups in total. The fraction of sp³-hybridized carbons (Fsp3) is 0.545. The highest BCUT2D eigenvalue weighted by atomic mass is 16.6. The minimum absolute atomic E-state index is 0.0696. The third kappa shape index (κ3) is 3.14. The lowest BCUT2D eigenvalue weighted by atomic mass is 9.55. The number of aliphatic hydroxyl groups is 1. The van der Waals surface area contributed by atoms with Crippen molar-refractivity contribution < 1.29 is 38.7 Å². The van der Waals surface area contributed by atoms with Gasteiger partial charge >= 0.3 is 11.9 Å². The van der Waals surface area contributed by atoms with Crippen molar-refractivity contribution in [2.24, 2.45) is 0 Å². The fourth-order valence-corrected chi connectivity index (χ4v) is 5.51. The first-order chi connectivity index (χ1) is 14.7. The molecular weight excluding hydrogens is 406 g/mol. The van der Waals surface area contributed by atoms with Crippen molar-refractivity contribution >= 4 is 11.9 Å². The molecule has 1 fully saturated rings. The van der Waals surface area contributed by atoms with Crippen LogP contribution in [-0.4, -0.2) is 61.2 Å². The van der Waals surface area contributed by atoms with Crippen molar-refractivity contribution in [3.8, 4) is 11.5 Å². The van der Waals surface area contributed by atoms with Crippen molar-refractivity contribution in [1.82, 2.24) is 5.32 Å². The van der Waals surface area contributed by atoms with Crippen LogP contribution in [-0.2, 0) is 29.2 Å². The molecule has 0 unspecified atom stereocenters. The molecule has 1 heterocycles. The summed E-state index contributed by atoms with van der Waals surface area (Å²) in [5.74, 6) is -0.542. The molecule has 1 aliphatic heterocycles. The molecule has 9 nitrogen and oxygen atoms in total. The molecule has 31 heavy (non-hydrogen) atoms. The van der Waals surface area contributed by atoms with E-state index in [1.165, 1.54) is 28.1 Å². The Labute approximate surface area is 179 Å². The Morgan fingerprint density at radius 2 is 1.84 bits per heavy atom. The van der Waals surface area contributed by atoms with Gasteiger partial charge in [0.05, 0.1) is 26.4 Å². The molecule has 5 atom stereocenters. The predicted molar refractivity (Wildman–Crippen MR) is 107 cm³/mol. The van der Waals surface area contributed by atoms with Crippen LogP contribution in [0.25, 0.3) is 0 Å². The molecule has 0 amide bonds. The van der Waals surface area contributed by atoms with E-state index in [4.69, 9.17) is 18.9 Å². The number of piperidine rings is 1. The van der Waals surface area contributed by atoms with Crippen LogP contribution in [0, 0.1) is 0 Å². The summed E-state index contributed by atoms with van der Waals surface area (Å²) >= 11 is 0. The summed E-state index contributed by atoms with van der Waals surface area (Å²) in [5, 5.41) is 25.6. The summed E-state index contributed by atoms with van der Waals surface area (Å²) in [5.41, 5.74) is 0.993. The van der Waals surface area contributed by atoms with Crippen LogP contribution in [0.4, 0.5) is 0 Å². The number of hydrogen-bond donors (Lipinski definition) is 3. The van der Waals surface area contributed by atoms with Gasteiger partial charge in [0.1, 0.15) is 11.9 Å². The quantitative estimate of drug-likeness (QED) is 0.601. The predicted octanol–water partition coefficient (Wildman–Crippen LogP) is 1.22. The van der Waals surface area contributed by atoms with Crippen LogP contribution in [0.15, 0.2) is 23.5 Å². The van der Waals surface area contributed by atoms with Crippen molar-refractivity contribution in [1.29, 1.82) is 0 Å². The van der Waals surface area contributed by atoms with Gasteiger partial charge in [-0.1, -0.05) is 6.07 Å². The molecule has 1 aromatic rings. The summed E-state index contributed by atoms with van der Waals surface area (Å²) in [7, 11) is 2.91. The van der Waals surface area contributed by atoms with Gasteiger partial charge < -0.3 is 34.5 Å². The van der Waals surface area contributed by atoms with Crippen LogP contribution < -0.4 is 10.1 Å². The SMILES string of the molecule is COC1=C2[C@H]3NCC[C@]2(C[C@H](OC(C)=O)[C@H]1OC(C)=O)c1c(ccc(OC)c1O)[C@@H]3O. The number of carbonyl (C=O) groups is 2. The highest BCUT2D eigenvalue weighted by Gasteiger charge is 2.60. The molecule has 2 aliphatic carbocycles. The molecule has 4 rings (SSSR count). The third-order valence-corrected chi connectivity index (χ3v) is 6.49. The third-order valence-electron chi connectivity index (χ3n) is 6.49. The molecule has 0 radical (unpaired) electrons. The molecule has 0 saturated carbocycles. The number of nitrogens with one attached hydrogen (secondary N) is 1. The Hall–Kier alpha value is -2.78. The van der Waals surface area contributed by atoms with E-state index in [2.05, 4.69) is 5.32 Å². The number of carbonyl (C=O) groups excluding carboxylic acids is 2. The lowest BCUT2D eigenvalue weighted by Crippen LogP contribution is -2.61. The number of rotatable bonds is 4. The normalized spacial score (nSPS) is 31.3. The van der Waals surface area contributed by atoms with Crippen molar-refractivity contribution in [3.05, 3.63) is 34.6 Å². The van der Waals surface area contributed by atoms with Crippen molar-refractivity contribution in [2.45, 2.75) is 56.5 Å². The summed E-state index contributed by atoms with van der Waals surface area (Å²) < 4.78 is 22.2. The molecular formula is C22H27NO8. The molecule has 0 spiro atoms. The Bertz CT molecular complexity index is 957. The van der Waals surface area contributed by atoms with Crippen LogP contribution in [0.1, 0.15) is 43.9 Å². The van der Waals surface area contributed by atoms with Crippen LogP contribution in [0.3, 0.4) is 0 Å². The highest BCUT2D eigenvalue weighted by Crippen LogP contribution is 2.60. The van der Waals surface area contributed by atoms with Gasteiger partial charge in [-0.3, -0.25) is 9.59 Å². The maximum Gasteiger partial charge on any atom is 0.303 e. The van der Waals surface area contributed by atoms with E-state index in [-0.39, 0.29) is 17.9 Å². The monoisotopic (exact) mass is 433 g/mol. The van der Waals surface area contributed by atoms with E-state index in [1.807, 2.05) is 0 Å². The van der Waals surface area contributed by atoms with Crippen LogP contribution in [0.5, 0.6) is 11.5 Å². The van der Waals surface area contributed by atoms with Gasteiger partial charge in [-0.2, -0.15) is 0 Å². The largest absolute Gasteiger partial charge is 0.504 e. The van der Waals surface area contributed by atoms with E-state index in [1.54, 1.807) is 12.1 Å². The second kappa shape index (κ2) is 7.72. The number of benzene rings is 1. The molecule has 3 aliphatic rings. The molecule has 0 aromatic heterocycles. The zero-order chi connectivity index (χ0) is 22.5. The number of hydrogen-bond acceptors (Lipinski definition) is 9. The number of esters is 2.